The van der Waals surface area contributed by atoms with Crippen LogP contribution in [0.5, 0.6) is 0 Å². The lowest BCUT2D eigenvalue weighted by Crippen LogP contribution is -2.12. The third-order valence-electron chi connectivity index (χ3n) is 5.08. The summed E-state index contributed by atoms with van der Waals surface area (Å²) in [7, 11) is 0. The Morgan fingerprint density at radius 1 is 1.06 bits per heavy atom. The lowest BCUT2D eigenvalue weighted by Gasteiger charge is -2.12. The van der Waals surface area contributed by atoms with Crippen molar-refractivity contribution in [3.05, 3.63) is 76.3 Å². The first kappa shape index (κ1) is 23.5. The molecule has 1 amide bonds. The van der Waals surface area contributed by atoms with Crippen molar-refractivity contribution < 1.29 is 14.7 Å². The largest absolute Gasteiger partial charge is 0.481 e. The van der Waals surface area contributed by atoms with E-state index in [1.807, 2.05) is 12.1 Å². The molecular weight excluding hydrogens is 422 g/mol. The average molecular weight is 452 g/mol. The van der Waals surface area contributed by atoms with Crippen molar-refractivity contribution in [2.75, 3.05) is 10.6 Å². The maximum atomic E-state index is 12.4. The van der Waals surface area contributed by atoms with Crippen LogP contribution in [0.2, 0.25) is 0 Å². The molecule has 3 N–H and O–H groups in total. The van der Waals surface area contributed by atoms with Gasteiger partial charge in [-0.1, -0.05) is 44.5 Å². The molecule has 168 valence electrons. The molecule has 6 nitrogen and oxygen atoms in total. The summed E-state index contributed by atoms with van der Waals surface area (Å²) >= 11 is 1.21. The molecule has 2 aromatic carbocycles. The van der Waals surface area contributed by atoms with Crippen molar-refractivity contribution >= 4 is 34.0 Å². The number of thiazole rings is 1. The highest BCUT2D eigenvalue weighted by Gasteiger charge is 2.11. The van der Waals surface area contributed by atoms with Gasteiger partial charge in [0.2, 0.25) is 0 Å². The van der Waals surface area contributed by atoms with Crippen LogP contribution in [0.1, 0.15) is 53.9 Å². The average Bonchev–Trinajstić information content (AvgIpc) is 3.19. The Labute approximate surface area is 192 Å². The Balaban J connectivity index is 1.54. The van der Waals surface area contributed by atoms with Crippen LogP contribution in [0, 0.1) is 5.92 Å². The number of hydrogen-bond donors (Lipinski definition) is 3. The summed E-state index contributed by atoms with van der Waals surface area (Å²) < 4.78 is 0. The predicted molar refractivity (Wildman–Crippen MR) is 129 cm³/mol. The van der Waals surface area contributed by atoms with Crippen molar-refractivity contribution in [2.24, 2.45) is 5.92 Å². The Morgan fingerprint density at radius 2 is 1.78 bits per heavy atom. The molecule has 0 fully saturated rings. The van der Waals surface area contributed by atoms with Gasteiger partial charge in [-0.05, 0) is 54.2 Å². The van der Waals surface area contributed by atoms with Gasteiger partial charge in [0.25, 0.3) is 5.91 Å². The van der Waals surface area contributed by atoms with Gasteiger partial charge in [-0.15, -0.1) is 11.3 Å². The van der Waals surface area contributed by atoms with Gasteiger partial charge in [0, 0.05) is 23.2 Å². The Kier molecular flexibility index (Phi) is 8.39. The normalized spacial score (nSPS) is 10.8. The van der Waals surface area contributed by atoms with Crippen LogP contribution >= 0.6 is 11.3 Å². The number of nitrogens with zero attached hydrogens (tertiary/aromatic N) is 1. The van der Waals surface area contributed by atoms with E-state index in [0.29, 0.717) is 16.4 Å². The highest BCUT2D eigenvalue weighted by molar-refractivity contribution is 7.14. The van der Waals surface area contributed by atoms with Crippen molar-refractivity contribution in [3.63, 3.8) is 0 Å². The molecule has 32 heavy (non-hydrogen) atoms. The third kappa shape index (κ3) is 7.20. The molecule has 1 heterocycles. The third-order valence-corrected chi connectivity index (χ3v) is 5.89. The molecule has 0 radical (unpaired) electrons. The first-order valence-electron chi connectivity index (χ1n) is 10.8. The van der Waals surface area contributed by atoms with Gasteiger partial charge in [0.1, 0.15) is 0 Å². The van der Waals surface area contributed by atoms with Crippen molar-refractivity contribution in [2.45, 2.75) is 46.1 Å². The molecule has 3 rings (SSSR count). The van der Waals surface area contributed by atoms with Gasteiger partial charge in [-0.2, -0.15) is 0 Å². The van der Waals surface area contributed by atoms with Crippen LogP contribution in [-0.2, 0) is 24.2 Å². The van der Waals surface area contributed by atoms with E-state index in [4.69, 9.17) is 5.11 Å². The van der Waals surface area contributed by atoms with Gasteiger partial charge in [0.15, 0.2) is 5.13 Å². The first-order valence-corrected chi connectivity index (χ1v) is 11.7. The topological polar surface area (TPSA) is 91.3 Å². The molecule has 0 aliphatic heterocycles. The van der Waals surface area contributed by atoms with Gasteiger partial charge in [-0.3, -0.25) is 14.9 Å². The molecule has 3 aromatic rings. The monoisotopic (exact) mass is 451 g/mol. The number of carboxylic acid groups (broad SMARTS) is 1. The summed E-state index contributed by atoms with van der Waals surface area (Å²) in [5.41, 5.74) is 4.55. The maximum absolute atomic E-state index is 12.4. The zero-order valence-electron chi connectivity index (χ0n) is 18.4. The van der Waals surface area contributed by atoms with E-state index < -0.39 is 5.97 Å². The fourth-order valence-corrected chi connectivity index (χ4v) is 4.09. The number of carboxylic acids is 1. The fourth-order valence-electron chi connectivity index (χ4n) is 3.38. The molecule has 0 saturated carbocycles. The molecule has 0 unspecified atom stereocenters. The van der Waals surface area contributed by atoms with Gasteiger partial charge in [-0.25, -0.2) is 4.98 Å². The van der Waals surface area contributed by atoms with Crippen LogP contribution < -0.4 is 10.6 Å². The molecule has 0 bridgehead atoms. The zero-order valence-corrected chi connectivity index (χ0v) is 19.2. The molecular formula is C25H29N3O3S. The lowest BCUT2D eigenvalue weighted by molar-refractivity contribution is -0.136. The maximum Gasteiger partial charge on any atom is 0.309 e. The van der Waals surface area contributed by atoms with Crippen molar-refractivity contribution in [1.29, 1.82) is 0 Å². The minimum absolute atomic E-state index is 0.159. The number of aliphatic carboxylic acids is 1. The second-order valence-electron chi connectivity index (χ2n) is 8.15. The van der Waals surface area contributed by atoms with Crippen molar-refractivity contribution in [3.8, 4) is 0 Å². The number of benzene rings is 2. The quantitative estimate of drug-likeness (QED) is 0.352. The van der Waals surface area contributed by atoms with E-state index in [2.05, 4.69) is 53.7 Å². The molecule has 1 aromatic heterocycles. The molecule has 0 saturated heterocycles. The molecule has 0 aliphatic rings. The van der Waals surface area contributed by atoms with Crippen LogP contribution in [0.4, 0.5) is 10.8 Å². The summed E-state index contributed by atoms with van der Waals surface area (Å²) in [5.74, 6) is -0.504. The SMILES string of the molecule is CC(C)CCCc1ccccc1CNc1ccc(C(=O)Nc2nc(CC(=O)O)cs2)cc1. The number of nitrogens with one attached hydrogen (secondary N) is 2. The Hall–Kier alpha value is -3.19. The number of amides is 1. The second-order valence-corrected chi connectivity index (χ2v) is 9.01. The molecule has 0 spiro atoms. The number of carbonyl (C=O) groups excluding carboxylic acids is 1. The number of aryl methyl sites for hydroxylation is 1. The van der Waals surface area contributed by atoms with E-state index in [-0.39, 0.29) is 12.3 Å². The van der Waals surface area contributed by atoms with E-state index >= 15 is 0 Å². The van der Waals surface area contributed by atoms with Crippen LogP contribution in [0.3, 0.4) is 0 Å². The summed E-state index contributed by atoms with van der Waals surface area (Å²) in [6.07, 6.45) is 3.34. The smallest absolute Gasteiger partial charge is 0.309 e. The van der Waals surface area contributed by atoms with Gasteiger partial charge < -0.3 is 10.4 Å². The van der Waals surface area contributed by atoms with Crippen LogP contribution in [-0.4, -0.2) is 22.0 Å². The number of carbonyl (C=O) groups is 2. The highest BCUT2D eigenvalue weighted by Crippen LogP contribution is 2.19. The number of rotatable bonds is 11. The van der Waals surface area contributed by atoms with E-state index in [0.717, 1.165) is 24.6 Å². The lowest BCUT2D eigenvalue weighted by atomic mass is 9.99. The van der Waals surface area contributed by atoms with E-state index in [9.17, 15) is 9.59 Å². The molecule has 7 heteroatoms. The standard InChI is InChI=1S/C25H29N3O3S/c1-17(2)6-5-9-18-7-3-4-8-20(18)15-26-21-12-10-19(11-13-21)24(31)28-25-27-22(16-32-25)14-23(29)30/h3-4,7-8,10-13,16-17,26H,5-6,9,14-15H2,1-2H3,(H,29,30)(H,27,28,31). The summed E-state index contributed by atoms with van der Waals surface area (Å²) in [4.78, 5) is 27.3. The predicted octanol–water partition coefficient (Wildman–Crippen LogP) is 5.61. The van der Waals surface area contributed by atoms with Crippen molar-refractivity contribution in [1.82, 2.24) is 4.98 Å². The van der Waals surface area contributed by atoms with E-state index in [1.54, 1.807) is 17.5 Å². The fraction of sp³-hybridized carbons (Fsp3) is 0.320. The Morgan fingerprint density at radius 3 is 2.47 bits per heavy atom. The van der Waals surface area contributed by atoms with Crippen LogP contribution in [0.25, 0.3) is 0 Å². The minimum Gasteiger partial charge on any atom is -0.481 e. The van der Waals surface area contributed by atoms with Crippen LogP contribution in [0.15, 0.2) is 53.9 Å². The first-order chi connectivity index (χ1) is 15.4. The second kappa shape index (κ2) is 11.4. The number of aromatic nitrogens is 1. The molecule has 0 atom stereocenters. The summed E-state index contributed by atoms with van der Waals surface area (Å²) in [6.45, 7) is 5.24. The van der Waals surface area contributed by atoms with Gasteiger partial charge >= 0.3 is 5.97 Å². The number of hydrogen-bond acceptors (Lipinski definition) is 5. The Bertz CT molecular complexity index is 1040. The zero-order chi connectivity index (χ0) is 22.9. The molecule has 0 aliphatic carbocycles. The summed E-state index contributed by atoms with van der Waals surface area (Å²) in [6, 6.07) is 15.8. The number of anilines is 2. The summed E-state index contributed by atoms with van der Waals surface area (Å²) in [5, 5.41) is 17.0. The minimum atomic E-state index is -0.950. The van der Waals surface area contributed by atoms with Gasteiger partial charge in [0.05, 0.1) is 12.1 Å². The highest BCUT2D eigenvalue weighted by atomic mass is 32.1. The van der Waals surface area contributed by atoms with E-state index in [1.165, 1.54) is 35.3 Å².